The highest BCUT2D eigenvalue weighted by Gasteiger charge is 2.32. The van der Waals surface area contributed by atoms with Crippen LogP contribution in [0.15, 0.2) is 17.5 Å². The van der Waals surface area contributed by atoms with E-state index < -0.39 is 5.97 Å². The minimum absolute atomic E-state index is 0.103. The average Bonchev–Trinajstić information content (AvgIpc) is 3.27. The Bertz CT molecular complexity index is 487. The zero-order chi connectivity index (χ0) is 17.9. The van der Waals surface area contributed by atoms with Crippen molar-refractivity contribution in [3.63, 3.8) is 0 Å². The van der Waals surface area contributed by atoms with Gasteiger partial charge in [-0.25, -0.2) is 0 Å². The summed E-state index contributed by atoms with van der Waals surface area (Å²) < 4.78 is 9.88. The lowest BCUT2D eigenvalue weighted by atomic mass is 9.95. The van der Waals surface area contributed by atoms with Crippen LogP contribution in [0, 0.1) is 12.8 Å². The van der Waals surface area contributed by atoms with Crippen LogP contribution in [-0.2, 0) is 19.1 Å². The second kappa shape index (κ2) is 11.2. The average molecular weight is 356 g/mol. The van der Waals surface area contributed by atoms with Crippen molar-refractivity contribution in [2.24, 2.45) is 5.92 Å². The predicted molar refractivity (Wildman–Crippen MR) is 95.1 cm³/mol. The highest BCUT2D eigenvalue weighted by molar-refractivity contribution is 7.09. The molecule has 6 nitrogen and oxygen atoms in total. The van der Waals surface area contributed by atoms with E-state index in [1.807, 2.05) is 0 Å². The molecular weight excluding hydrogens is 328 g/mol. The normalized spacial score (nSPS) is 18.9. The fourth-order valence-corrected chi connectivity index (χ4v) is 3.14. The maximum atomic E-state index is 11.9. The number of methoxy groups -OCH3 is 2. The molecule has 0 spiro atoms. The van der Waals surface area contributed by atoms with Crippen molar-refractivity contribution in [1.29, 1.82) is 0 Å². The lowest BCUT2D eigenvalue weighted by molar-refractivity contribution is -0.142. The second-order valence-corrected chi connectivity index (χ2v) is 6.86. The second-order valence-electron chi connectivity index (χ2n) is 5.71. The van der Waals surface area contributed by atoms with Crippen molar-refractivity contribution < 1.29 is 19.1 Å². The minimum atomic E-state index is -0.455. The van der Waals surface area contributed by atoms with Crippen molar-refractivity contribution in [1.82, 2.24) is 10.6 Å². The van der Waals surface area contributed by atoms with Crippen LogP contribution in [0.25, 0.3) is 0 Å². The van der Waals surface area contributed by atoms with Gasteiger partial charge in [0.05, 0.1) is 19.1 Å². The first kappa shape index (κ1) is 20.6. The van der Waals surface area contributed by atoms with Gasteiger partial charge in [0.25, 0.3) is 0 Å². The van der Waals surface area contributed by atoms with Crippen LogP contribution in [0.4, 0.5) is 0 Å². The Morgan fingerprint density at radius 2 is 2.21 bits per heavy atom. The van der Waals surface area contributed by atoms with Crippen LogP contribution >= 0.6 is 11.3 Å². The lowest BCUT2D eigenvalue weighted by Crippen LogP contribution is -2.47. The van der Waals surface area contributed by atoms with E-state index in [2.05, 4.69) is 39.8 Å². The maximum absolute atomic E-state index is 11.9. The first-order chi connectivity index (χ1) is 11.5. The van der Waals surface area contributed by atoms with Gasteiger partial charge in [-0.15, -0.1) is 11.3 Å². The van der Waals surface area contributed by atoms with Crippen LogP contribution in [0.5, 0.6) is 0 Å². The molecule has 1 aromatic heterocycles. The van der Waals surface area contributed by atoms with Crippen molar-refractivity contribution in [3.8, 4) is 0 Å². The van der Waals surface area contributed by atoms with Gasteiger partial charge in [-0.05, 0) is 37.8 Å². The van der Waals surface area contributed by atoms with Crippen molar-refractivity contribution in [2.75, 3.05) is 27.3 Å². The van der Waals surface area contributed by atoms with Gasteiger partial charge in [-0.1, -0.05) is 13.0 Å². The molecule has 136 valence electrons. The van der Waals surface area contributed by atoms with Crippen LogP contribution < -0.4 is 10.6 Å². The van der Waals surface area contributed by atoms with Crippen molar-refractivity contribution >= 4 is 23.2 Å². The molecule has 0 saturated carbocycles. The van der Waals surface area contributed by atoms with Gasteiger partial charge in [0.15, 0.2) is 0 Å². The van der Waals surface area contributed by atoms with Crippen LogP contribution in [0.1, 0.15) is 24.6 Å². The fraction of sp³-hybridized carbons (Fsp3) is 0.647. The number of esters is 1. The number of nitrogens with one attached hydrogen (secondary N) is 2. The van der Waals surface area contributed by atoms with Crippen LogP contribution in [0.2, 0.25) is 0 Å². The van der Waals surface area contributed by atoms with E-state index in [0.29, 0.717) is 0 Å². The van der Waals surface area contributed by atoms with Gasteiger partial charge in [-0.3, -0.25) is 9.59 Å². The Morgan fingerprint density at radius 1 is 1.46 bits per heavy atom. The monoisotopic (exact) mass is 356 g/mol. The lowest BCUT2D eigenvalue weighted by Gasteiger charge is -2.27. The van der Waals surface area contributed by atoms with Crippen LogP contribution in [-0.4, -0.2) is 51.3 Å². The SMILES string of the molecule is COC(=O)CNC(=O)C(C)C(OC)C1CCCN1.Cc1cccs1. The van der Waals surface area contributed by atoms with Gasteiger partial charge in [0, 0.05) is 18.0 Å². The number of aryl methyl sites for hydroxylation is 1. The summed E-state index contributed by atoms with van der Waals surface area (Å²) in [4.78, 5) is 24.2. The Labute approximate surface area is 147 Å². The number of rotatable bonds is 6. The number of hydrogen-bond acceptors (Lipinski definition) is 6. The molecule has 0 bridgehead atoms. The third kappa shape index (κ3) is 6.98. The minimum Gasteiger partial charge on any atom is -0.468 e. The summed E-state index contributed by atoms with van der Waals surface area (Å²) in [6.07, 6.45) is 1.93. The van der Waals surface area contributed by atoms with Crippen molar-refractivity contribution in [2.45, 2.75) is 38.8 Å². The summed E-state index contributed by atoms with van der Waals surface area (Å²) >= 11 is 1.78. The van der Waals surface area contributed by atoms with E-state index in [0.717, 1.165) is 19.4 Å². The molecule has 1 amide bonds. The molecule has 2 N–H and O–H groups in total. The Kier molecular flexibility index (Phi) is 9.59. The summed E-state index contributed by atoms with van der Waals surface area (Å²) in [5, 5.41) is 7.95. The van der Waals surface area contributed by atoms with Gasteiger partial charge >= 0.3 is 5.97 Å². The smallest absolute Gasteiger partial charge is 0.325 e. The van der Waals surface area contributed by atoms with E-state index in [-0.39, 0.29) is 30.5 Å². The summed E-state index contributed by atoms with van der Waals surface area (Å²) in [5.41, 5.74) is 0. The number of ether oxygens (including phenoxy) is 2. The molecule has 2 rings (SSSR count). The molecule has 2 heterocycles. The van der Waals surface area contributed by atoms with E-state index in [9.17, 15) is 9.59 Å². The first-order valence-electron chi connectivity index (χ1n) is 8.10. The third-order valence-electron chi connectivity index (χ3n) is 3.97. The zero-order valence-corrected chi connectivity index (χ0v) is 15.7. The summed E-state index contributed by atoms with van der Waals surface area (Å²) in [7, 11) is 2.90. The molecule has 3 unspecified atom stereocenters. The molecule has 0 aromatic carbocycles. The van der Waals surface area contributed by atoms with Gasteiger partial charge in [-0.2, -0.15) is 0 Å². The third-order valence-corrected chi connectivity index (χ3v) is 4.77. The topological polar surface area (TPSA) is 76.7 Å². The first-order valence-corrected chi connectivity index (χ1v) is 8.98. The van der Waals surface area contributed by atoms with Crippen LogP contribution in [0.3, 0.4) is 0 Å². The number of carbonyl (C=O) groups excluding carboxylic acids is 2. The molecule has 1 fully saturated rings. The van der Waals surface area contributed by atoms with E-state index in [1.54, 1.807) is 25.4 Å². The molecule has 24 heavy (non-hydrogen) atoms. The van der Waals surface area contributed by atoms with Gasteiger partial charge < -0.3 is 20.1 Å². The molecule has 1 saturated heterocycles. The number of amides is 1. The summed E-state index contributed by atoms with van der Waals surface area (Å²) in [6.45, 7) is 4.76. The molecule has 1 aliphatic rings. The molecule has 1 aliphatic heterocycles. The molecule has 7 heteroatoms. The maximum Gasteiger partial charge on any atom is 0.325 e. The number of hydrogen-bond donors (Lipinski definition) is 2. The molecule has 3 atom stereocenters. The van der Waals surface area contributed by atoms with E-state index in [4.69, 9.17) is 4.74 Å². The van der Waals surface area contributed by atoms with E-state index in [1.165, 1.54) is 12.0 Å². The van der Waals surface area contributed by atoms with Crippen molar-refractivity contribution in [3.05, 3.63) is 22.4 Å². The highest BCUT2D eigenvalue weighted by Crippen LogP contribution is 2.18. The summed E-state index contributed by atoms with van der Waals surface area (Å²) in [5.74, 6) is -0.959. The number of carbonyl (C=O) groups is 2. The zero-order valence-electron chi connectivity index (χ0n) is 14.8. The Morgan fingerprint density at radius 3 is 2.62 bits per heavy atom. The molecule has 0 radical (unpaired) electrons. The number of thiophene rings is 1. The van der Waals surface area contributed by atoms with Gasteiger partial charge in [0.1, 0.15) is 6.54 Å². The molecular formula is C17H28N2O4S. The molecule has 1 aromatic rings. The Hall–Kier alpha value is -1.44. The van der Waals surface area contributed by atoms with E-state index >= 15 is 0 Å². The highest BCUT2D eigenvalue weighted by atomic mass is 32.1. The van der Waals surface area contributed by atoms with Gasteiger partial charge in [0.2, 0.25) is 5.91 Å². The predicted octanol–water partition coefficient (Wildman–Crippen LogP) is 1.74. The molecule has 0 aliphatic carbocycles. The quantitative estimate of drug-likeness (QED) is 0.759. The standard InChI is InChI=1S/C12H22N2O4.C5H6S/c1-8(12(16)14-7-10(15)17-2)11(18-3)9-5-4-6-13-9;1-5-3-2-4-6-5/h8-9,11,13H,4-7H2,1-3H3,(H,14,16);2-4H,1H3. The fourth-order valence-electron chi connectivity index (χ4n) is 2.61. The summed E-state index contributed by atoms with van der Waals surface area (Å²) in [6, 6.07) is 4.36. The Balaban J connectivity index is 0.000000400. The largest absolute Gasteiger partial charge is 0.468 e.